The van der Waals surface area contributed by atoms with Crippen LogP contribution in [0.5, 0.6) is 0 Å². The zero-order chi connectivity index (χ0) is 33.8. The molecule has 0 saturated carbocycles. The van der Waals surface area contributed by atoms with Crippen LogP contribution >= 0.6 is 0 Å². The van der Waals surface area contributed by atoms with Gasteiger partial charge in [-0.1, -0.05) is 103 Å². The van der Waals surface area contributed by atoms with Crippen LogP contribution in [0.4, 0.5) is 42.9 Å². The minimum absolute atomic E-state index is 0.0960. The summed E-state index contributed by atoms with van der Waals surface area (Å²) < 4.78 is 28.9. The number of nitrogens with zero attached hydrogens (tertiary/aromatic N) is 2. The van der Waals surface area contributed by atoms with Crippen LogP contribution in [0.1, 0.15) is 0 Å². The molecule has 0 bridgehead atoms. The van der Waals surface area contributed by atoms with Gasteiger partial charge in [0.1, 0.15) is 11.6 Å². The molecule has 0 aromatic heterocycles. The highest BCUT2D eigenvalue weighted by molar-refractivity contribution is 7.00. The lowest BCUT2D eigenvalue weighted by Gasteiger charge is -2.44. The Hall–Kier alpha value is -6.46. The molecule has 0 unspecified atom stereocenters. The van der Waals surface area contributed by atoms with E-state index in [4.69, 9.17) is 0 Å². The molecule has 2 aliphatic heterocycles. The van der Waals surface area contributed by atoms with Crippen LogP contribution in [0.15, 0.2) is 164 Å². The predicted molar refractivity (Wildman–Crippen MR) is 210 cm³/mol. The molecule has 238 valence electrons. The van der Waals surface area contributed by atoms with Gasteiger partial charge in [0.25, 0.3) is 6.71 Å². The molecule has 0 N–H and O–H groups in total. The average Bonchev–Trinajstić information content (AvgIpc) is 3.18. The van der Waals surface area contributed by atoms with Gasteiger partial charge in [0, 0.05) is 44.9 Å². The van der Waals surface area contributed by atoms with Crippen LogP contribution in [0.3, 0.4) is 0 Å². The third kappa shape index (κ3) is 3.97. The summed E-state index contributed by atoms with van der Waals surface area (Å²) in [6.45, 7) is -0.0960. The summed E-state index contributed by atoms with van der Waals surface area (Å²) in [7, 11) is 0. The van der Waals surface area contributed by atoms with Crippen LogP contribution in [0.25, 0.3) is 43.1 Å². The Morgan fingerprint density at radius 1 is 0.353 bits per heavy atom. The molecule has 2 aliphatic rings. The van der Waals surface area contributed by atoms with Gasteiger partial charge in [-0.3, -0.25) is 0 Å². The van der Waals surface area contributed by atoms with E-state index >= 15 is 0 Å². The van der Waals surface area contributed by atoms with Crippen LogP contribution < -0.4 is 26.2 Å². The lowest BCUT2D eigenvalue weighted by molar-refractivity contribution is 0.627. The highest BCUT2D eigenvalue weighted by Gasteiger charge is 2.44. The fraction of sp³-hybridized carbons (Fsp3) is 0. The van der Waals surface area contributed by atoms with E-state index in [1.54, 1.807) is 0 Å². The second kappa shape index (κ2) is 10.5. The largest absolute Gasteiger partial charge is 0.311 e. The van der Waals surface area contributed by atoms with Gasteiger partial charge in [0.05, 0.1) is 0 Å². The van der Waals surface area contributed by atoms with Crippen molar-refractivity contribution in [2.45, 2.75) is 0 Å². The summed E-state index contributed by atoms with van der Waals surface area (Å²) in [6.07, 6.45) is 0. The zero-order valence-electron chi connectivity index (χ0n) is 27.3. The monoisotopic (exact) mass is 656 g/mol. The van der Waals surface area contributed by atoms with E-state index in [1.165, 1.54) is 67.5 Å². The van der Waals surface area contributed by atoms with Gasteiger partial charge < -0.3 is 9.80 Å². The smallest absolute Gasteiger partial charge is 0.252 e. The van der Waals surface area contributed by atoms with E-state index in [-0.39, 0.29) is 18.3 Å². The molecule has 2 nitrogen and oxygen atoms in total. The fourth-order valence-electron chi connectivity index (χ4n) is 8.81. The predicted octanol–water partition coefficient (Wildman–Crippen LogP) is 10.7. The summed E-state index contributed by atoms with van der Waals surface area (Å²) in [4.78, 5) is 4.62. The van der Waals surface area contributed by atoms with Crippen LogP contribution in [-0.4, -0.2) is 6.71 Å². The van der Waals surface area contributed by atoms with Crippen molar-refractivity contribution >= 4 is 100 Å². The minimum Gasteiger partial charge on any atom is -0.311 e. The number of halogens is 2. The molecule has 0 spiro atoms. The van der Waals surface area contributed by atoms with Crippen LogP contribution in [0, 0.1) is 11.6 Å². The molecule has 9 aromatic carbocycles. The lowest BCUT2D eigenvalue weighted by atomic mass is 9.33. The number of hydrogen-bond acceptors (Lipinski definition) is 2. The maximum Gasteiger partial charge on any atom is 0.252 e. The molecule has 0 fully saturated rings. The second-order valence-electron chi connectivity index (χ2n) is 13.5. The standard InChI is InChI=1S/C46H27BF2N2/c48-30-14-18-32(19-15-30)50-42-10-5-11-43-44(42)47(40-26-24-36-34-8-3-1-6-28(34)12-22-38(36)45(40)50)41-27-25-37-35-9-4-2-7-29(35)13-23-39(37)46(41)51(43)33-20-16-31(49)17-21-33/h1-27H. The molecule has 0 radical (unpaired) electrons. The Morgan fingerprint density at radius 2 is 0.784 bits per heavy atom. The highest BCUT2D eigenvalue weighted by Crippen LogP contribution is 2.48. The number of fused-ring (bicyclic) bond motifs is 12. The first-order valence-electron chi connectivity index (χ1n) is 17.3. The lowest BCUT2D eigenvalue weighted by Crippen LogP contribution is -2.61. The number of rotatable bonds is 2. The topological polar surface area (TPSA) is 6.48 Å². The summed E-state index contributed by atoms with van der Waals surface area (Å²) in [5.41, 5.74) is 9.56. The third-order valence-electron chi connectivity index (χ3n) is 10.9. The number of anilines is 6. The van der Waals surface area contributed by atoms with Gasteiger partial charge in [-0.05, 0) is 109 Å². The summed E-state index contributed by atoms with van der Waals surface area (Å²) in [5, 5.41) is 9.39. The van der Waals surface area contributed by atoms with Crippen molar-refractivity contribution in [3.8, 4) is 0 Å². The van der Waals surface area contributed by atoms with Crippen molar-refractivity contribution in [2.24, 2.45) is 0 Å². The zero-order valence-corrected chi connectivity index (χ0v) is 27.3. The first-order valence-corrected chi connectivity index (χ1v) is 17.3. The molecule has 9 aromatic rings. The second-order valence-corrected chi connectivity index (χ2v) is 13.5. The van der Waals surface area contributed by atoms with Crippen molar-refractivity contribution < 1.29 is 8.78 Å². The van der Waals surface area contributed by atoms with Crippen molar-refractivity contribution in [3.63, 3.8) is 0 Å². The Morgan fingerprint density at radius 3 is 1.25 bits per heavy atom. The van der Waals surface area contributed by atoms with Gasteiger partial charge in [0.2, 0.25) is 0 Å². The van der Waals surface area contributed by atoms with Crippen molar-refractivity contribution in [3.05, 3.63) is 175 Å². The molecule has 0 atom stereocenters. The summed E-state index contributed by atoms with van der Waals surface area (Å²) in [5.74, 6) is -0.549. The van der Waals surface area contributed by atoms with E-state index in [2.05, 4.69) is 125 Å². The molecule has 5 heteroatoms. The van der Waals surface area contributed by atoms with E-state index in [1.807, 2.05) is 24.3 Å². The quantitative estimate of drug-likeness (QED) is 0.135. The SMILES string of the molecule is Fc1ccc(N2c3cccc4c3B(c3ccc5c(ccc6ccccc65)c32)c2ccc3c(ccc5ccccc53)c2N4c2ccc(F)cc2)cc1. The Kier molecular flexibility index (Phi) is 5.86. The first kappa shape index (κ1) is 28.4. The molecule has 51 heavy (non-hydrogen) atoms. The van der Waals surface area contributed by atoms with E-state index in [0.717, 1.165) is 50.4 Å². The summed E-state index contributed by atoms with van der Waals surface area (Å²) >= 11 is 0. The highest BCUT2D eigenvalue weighted by atomic mass is 19.1. The maximum absolute atomic E-state index is 14.5. The molecule has 0 aliphatic carbocycles. The van der Waals surface area contributed by atoms with Crippen molar-refractivity contribution in [2.75, 3.05) is 9.80 Å². The van der Waals surface area contributed by atoms with Gasteiger partial charge in [-0.25, -0.2) is 8.78 Å². The van der Waals surface area contributed by atoms with Crippen LogP contribution in [-0.2, 0) is 0 Å². The van der Waals surface area contributed by atoms with Gasteiger partial charge in [-0.15, -0.1) is 0 Å². The molecular formula is C46H27BF2N2. The molecular weight excluding hydrogens is 629 g/mol. The van der Waals surface area contributed by atoms with E-state index in [0.29, 0.717) is 0 Å². The van der Waals surface area contributed by atoms with E-state index in [9.17, 15) is 8.78 Å². The molecule has 2 heterocycles. The van der Waals surface area contributed by atoms with Gasteiger partial charge >= 0.3 is 0 Å². The third-order valence-corrected chi connectivity index (χ3v) is 10.9. The Bertz CT molecular complexity index is 2710. The molecule has 0 amide bonds. The minimum atomic E-state index is -0.274. The Balaban J connectivity index is 1.29. The fourth-order valence-corrected chi connectivity index (χ4v) is 8.81. The summed E-state index contributed by atoms with van der Waals surface area (Å²) in [6, 6.07) is 55.1. The normalized spacial score (nSPS) is 13.2. The van der Waals surface area contributed by atoms with Gasteiger partial charge in [0.15, 0.2) is 0 Å². The Labute approximate surface area is 293 Å². The average molecular weight is 657 g/mol. The van der Waals surface area contributed by atoms with Crippen LogP contribution in [0.2, 0.25) is 0 Å². The molecule has 11 rings (SSSR count). The van der Waals surface area contributed by atoms with Crippen molar-refractivity contribution in [1.29, 1.82) is 0 Å². The van der Waals surface area contributed by atoms with Crippen molar-refractivity contribution in [1.82, 2.24) is 0 Å². The van der Waals surface area contributed by atoms with Gasteiger partial charge in [-0.2, -0.15) is 0 Å². The van der Waals surface area contributed by atoms with E-state index < -0.39 is 0 Å². The first-order chi connectivity index (χ1) is 25.1. The molecule has 0 saturated heterocycles. The number of hydrogen-bond donors (Lipinski definition) is 0. The number of benzene rings is 9. The maximum atomic E-state index is 14.5.